The predicted molar refractivity (Wildman–Crippen MR) is 61.6 cm³/mol. The van der Waals surface area contributed by atoms with Crippen LogP contribution in [0.3, 0.4) is 0 Å². The Bertz CT molecular complexity index is 396. The van der Waals surface area contributed by atoms with Gasteiger partial charge in [0.1, 0.15) is 12.4 Å². The molecule has 0 heterocycles. The van der Waals surface area contributed by atoms with E-state index in [0.29, 0.717) is 10.8 Å². The van der Waals surface area contributed by atoms with E-state index in [1.807, 2.05) is 0 Å². The molecule has 0 saturated heterocycles. The predicted octanol–water partition coefficient (Wildman–Crippen LogP) is 3.27. The number of hydrogen-bond acceptors (Lipinski definition) is 3. The smallest absolute Gasteiger partial charge is 0.490 e. The van der Waals surface area contributed by atoms with E-state index in [9.17, 15) is 13.2 Å². The summed E-state index contributed by atoms with van der Waals surface area (Å²) >= 11 is 5.90. The highest BCUT2D eigenvalue weighted by Crippen LogP contribution is 2.27. The van der Waals surface area contributed by atoms with Crippen LogP contribution in [-0.2, 0) is 4.74 Å². The number of halogens is 4. The van der Waals surface area contributed by atoms with Crippen molar-refractivity contribution in [3.05, 3.63) is 28.8 Å². The maximum atomic E-state index is 11.7. The summed E-state index contributed by atoms with van der Waals surface area (Å²) in [5.41, 5.74) is 6.48. The average molecular weight is 284 g/mol. The van der Waals surface area contributed by atoms with Crippen LogP contribution in [0.1, 0.15) is 18.5 Å². The Hall–Kier alpha value is -0.980. The second kappa shape index (κ2) is 6.26. The molecule has 1 rings (SSSR count). The van der Waals surface area contributed by atoms with Gasteiger partial charge in [-0.3, -0.25) is 4.74 Å². The number of nitrogens with two attached hydrogens (primary N) is 1. The molecule has 0 bridgehead atoms. The van der Waals surface area contributed by atoms with Crippen LogP contribution in [0.2, 0.25) is 5.02 Å². The van der Waals surface area contributed by atoms with Crippen LogP contribution in [0, 0.1) is 0 Å². The molecule has 0 fully saturated rings. The second-order valence-corrected chi connectivity index (χ2v) is 4.03. The van der Waals surface area contributed by atoms with Crippen LogP contribution < -0.4 is 10.5 Å². The average Bonchev–Trinajstić information content (AvgIpc) is 2.24. The van der Waals surface area contributed by atoms with Crippen molar-refractivity contribution in [2.75, 3.05) is 13.2 Å². The first-order valence-electron chi connectivity index (χ1n) is 5.18. The minimum atomic E-state index is -4.65. The molecule has 102 valence electrons. The van der Waals surface area contributed by atoms with E-state index in [0.717, 1.165) is 5.56 Å². The zero-order valence-corrected chi connectivity index (χ0v) is 10.4. The molecular weight excluding hydrogens is 271 g/mol. The second-order valence-electron chi connectivity index (χ2n) is 3.62. The minimum Gasteiger partial charge on any atom is -0.490 e. The van der Waals surface area contributed by atoms with E-state index in [1.165, 1.54) is 0 Å². The highest BCUT2D eigenvalue weighted by atomic mass is 35.5. The minimum absolute atomic E-state index is 0.176. The van der Waals surface area contributed by atoms with Crippen molar-refractivity contribution in [1.82, 2.24) is 0 Å². The van der Waals surface area contributed by atoms with Crippen molar-refractivity contribution in [2.45, 2.75) is 19.3 Å². The Morgan fingerprint density at radius 2 is 2.00 bits per heavy atom. The van der Waals surface area contributed by atoms with E-state index >= 15 is 0 Å². The number of benzene rings is 1. The van der Waals surface area contributed by atoms with E-state index in [2.05, 4.69) is 4.74 Å². The number of alkyl halides is 3. The van der Waals surface area contributed by atoms with Gasteiger partial charge >= 0.3 is 6.36 Å². The lowest BCUT2D eigenvalue weighted by molar-refractivity contribution is -0.325. The molecule has 1 aromatic carbocycles. The molecule has 0 unspecified atom stereocenters. The summed E-state index contributed by atoms with van der Waals surface area (Å²) in [7, 11) is 0. The largest absolute Gasteiger partial charge is 0.522 e. The first kappa shape index (κ1) is 15.1. The van der Waals surface area contributed by atoms with Crippen LogP contribution in [0.25, 0.3) is 0 Å². The summed E-state index contributed by atoms with van der Waals surface area (Å²) in [6, 6.07) is 4.71. The fourth-order valence-corrected chi connectivity index (χ4v) is 1.47. The van der Waals surface area contributed by atoms with Gasteiger partial charge in [-0.2, -0.15) is 0 Å². The summed E-state index contributed by atoms with van der Waals surface area (Å²) < 4.78 is 43.7. The fraction of sp³-hybridized carbons (Fsp3) is 0.455. The Kier molecular flexibility index (Phi) is 5.25. The molecule has 7 heteroatoms. The number of ether oxygens (including phenoxy) is 2. The molecule has 0 aliphatic heterocycles. The van der Waals surface area contributed by atoms with Crippen LogP contribution in [0.5, 0.6) is 5.75 Å². The summed E-state index contributed by atoms with van der Waals surface area (Å²) in [4.78, 5) is 0. The van der Waals surface area contributed by atoms with Gasteiger partial charge in [0.05, 0.1) is 11.6 Å². The van der Waals surface area contributed by atoms with Gasteiger partial charge in [-0.05, 0) is 24.6 Å². The first-order valence-corrected chi connectivity index (χ1v) is 5.56. The Morgan fingerprint density at radius 1 is 1.33 bits per heavy atom. The van der Waals surface area contributed by atoms with Crippen molar-refractivity contribution >= 4 is 11.6 Å². The highest BCUT2D eigenvalue weighted by molar-refractivity contribution is 6.32. The van der Waals surface area contributed by atoms with Crippen molar-refractivity contribution in [3.63, 3.8) is 0 Å². The van der Waals surface area contributed by atoms with Crippen LogP contribution in [-0.4, -0.2) is 19.6 Å². The van der Waals surface area contributed by atoms with Gasteiger partial charge in [0, 0.05) is 6.04 Å². The van der Waals surface area contributed by atoms with Crippen molar-refractivity contribution < 1.29 is 22.6 Å². The number of hydrogen-bond donors (Lipinski definition) is 1. The number of rotatable bonds is 5. The van der Waals surface area contributed by atoms with Gasteiger partial charge in [0.2, 0.25) is 0 Å². The standard InChI is InChI=1S/C11H13ClF3NO2/c1-7(16)8-2-3-10(9(12)6-8)17-4-5-18-11(13,14)15/h2-3,6-7H,4-5,16H2,1H3/t7-/m1/s1. The molecule has 1 atom stereocenters. The Morgan fingerprint density at radius 3 is 2.50 bits per heavy atom. The summed E-state index contributed by atoms with van der Waals surface area (Å²) in [5, 5.41) is 0.303. The van der Waals surface area contributed by atoms with E-state index < -0.39 is 13.0 Å². The third-order valence-electron chi connectivity index (χ3n) is 2.09. The SMILES string of the molecule is C[C@@H](N)c1ccc(OCCOC(F)(F)F)c(Cl)c1. The molecule has 0 saturated carbocycles. The molecule has 0 aliphatic carbocycles. The van der Waals surface area contributed by atoms with Gasteiger partial charge in [-0.15, -0.1) is 13.2 Å². The van der Waals surface area contributed by atoms with Gasteiger partial charge in [-0.25, -0.2) is 0 Å². The summed E-state index contributed by atoms with van der Waals surface area (Å²) in [6.07, 6.45) is -4.65. The van der Waals surface area contributed by atoms with E-state index in [1.54, 1.807) is 25.1 Å². The van der Waals surface area contributed by atoms with Gasteiger partial charge in [0.15, 0.2) is 0 Å². The maximum Gasteiger partial charge on any atom is 0.522 e. The lowest BCUT2D eigenvalue weighted by Gasteiger charge is -2.12. The molecule has 0 spiro atoms. The van der Waals surface area contributed by atoms with Gasteiger partial charge in [0.25, 0.3) is 0 Å². The normalized spacial score (nSPS) is 13.4. The van der Waals surface area contributed by atoms with Crippen molar-refractivity contribution in [1.29, 1.82) is 0 Å². The lowest BCUT2D eigenvalue weighted by Crippen LogP contribution is -2.18. The molecule has 1 aromatic rings. The van der Waals surface area contributed by atoms with Crippen LogP contribution in [0.4, 0.5) is 13.2 Å². The van der Waals surface area contributed by atoms with Crippen molar-refractivity contribution in [3.8, 4) is 5.75 Å². The van der Waals surface area contributed by atoms with E-state index in [4.69, 9.17) is 22.1 Å². The zero-order chi connectivity index (χ0) is 13.8. The summed E-state index contributed by atoms with van der Waals surface area (Å²) in [5.74, 6) is 0.298. The molecule has 2 N–H and O–H groups in total. The molecule has 0 aliphatic rings. The topological polar surface area (TPSA) is 44.5 Å². The third-order valence-corrected chi connectivity index (χ3v) is 2.38. The Labute approximate surface area is 108 Å². The van der Waals surface area contributed by atoms with Gasteiger partial charge in [-0.1, -0.05) is 17.7 Å². The molecule has 0 amide bonds. The molecular formula is C11H13ClF3NO2. The monoisotopic (exact) mass is 283 g/mol. The lowest BCUT2D eigenvalue weighted by atomic mass is 10.1. The highest BCUT2D eigenvalue weighted by Gasteiger charge is 2.28. The molecule has 18 heavy (non-hydrogen) atoms. The quantitative estimate of drug-likeness (QED) is 0.844. The Balaban J connectivity index is 2.48. The van der Waals surface area contributed by atoms with Crippen LogP contribution in [0.15, 0.2) is 18.2 Å². The van der Waals surface area contributed by atoms with E-state index in [-0.39, 0.29) is 12.6 Å². The fourth-order valence-electron chi connectivity index (χ4n) is 1.23. The zero-order valence-electron chi connectivity index (χ0n) is 9.63. The molecule has 0 aromatic heterocycles. The van der Waals surface area contributed by atoms with Gasteiger partial charge < -0.3 is 10.5 Å². The summed E-state index contributed by atoms with van der Waals surface area (Å²) in [6.45, 7) is 0.967. The first-order chi connectivity index (χ1) is 8.29. The maximum absolute atomic E-state index is 11.7. The molecule has 3 nitrogen and oxygen atoms in total. The third kappa shape index (κ3) is 5.12. The van der Waals surface area contributed by atoms with Crippen molar-refractivity contribution in [2.24, 2.45) is 5.73 Å². The van der Waals surface area contributed by atoms with Crippen LogP contribution >= 0.6 is 11.6 Å². The molecule has 0 radical (unpaired) electrons.